The summed E-state index contributed by atoms with van der Waals surface area (Å²) in [7, 11) is -5.79. The molecule has 3 rings (SSSR count). The van der Waals surface area contributed by atoms with Gasteiger partial charge in [0, 0.05) is 12.3 Å². The minimum absolute atomic E-state index is 0.0622. The van der Waals surface area contributed by atoms with E-state index in [0.717, 1.165) is 0 Å². The molecule has 1 aromatic heterocycles. The van der Waals surface area contributed by atoms with E-state index in [2.05, 4.69) is 60.4 Å². The minimum Gasteiger partial charge on any atom is -0.414 e. The van der Waals surface area contributed by atoms with Crippen LogP contribution in [0.5, 0.6) is 0 Å². The summed E-state index contributed by atoms with van der Waals surface area (Å²) in [5, 5.41) is 8.67. The van der Waals surface area contributed by atoms with Crippen molar-refractivity contribution in [1.82, 2.24) is 9.55 Å². The highest BCUT2D eigenvalue weighted by molar-refractivity contribution is 6.83. The number of hydrogen-bond donors (Lipinski definition) is 1. The Kier molecular flexibility index (Phi) is 11.5. The van der Waals surface area contributed by atoms with Gasteiger partial charge in [-0.15, -0.1) is 0 Å². The van der Waals surface area contributed by atoms with Crippen LogP contribution < -0.4 is 11.2 Å². The fraction of sp³-hybridized carbons (Fsp3) is 0.808. The van der Waals surface area contributed by atoms with Gasteiger partial charge in [0.05, 0.1) is 25.7 Å². The number of nitrogens with zero attached hydrogens (tertiary/aromatic N) is 2. The molecule has 4 atom stereocenters. The first-order valence-corrected chi connectivity index (χ1v) is 18.0. The van der Waals surface area contributed by atoms with Gasteiger partial charge in [-0.05, 0) is 22.2 Å². The molecule has 2 fully saturated rings. The molecule has 1 aromatic rings. The minimum atomic E-state index is -3.00. The molecule has 14 heteroatoms. The maximum atomic E-state index is 12.8. The van der Waals surface area contributed by atoms with Crippen LogP contribution in [0.1, 0.15) is 68.0 Å². The molecule has 0 aliphatic carbocycles. The summed E-state index contributed by atoms with van der Waals surface area (Å²) in [4.78, 5) is 26.9. The van der Waals surface area contributed by atoms with Gasteiger partial charge in [0.25, 0.3) is 5.56 Å². The number of H-pyrrole nitrogens is 1. The highest BCUT2D eigenvalue weighted by Crippen LogP contribution is 2.48. The molecule has 0 radical (unpaired) electrons. The van der Waals surface area contributed by atoms with Crippen molar-refractivity contribution in [3.8, 4) is 6.07 Å². The second kappa shape index (κ2) is 14.0. The van der Waals surface area contributed by atoms with Crippen LogP contribution >= 0.6 is 0 Å². The van der Waals surface area contributed by atoms with Gasteiger partial charge in [0.15, 0.2) is 6.23 Å². The van der Waals surface area contributed by atoms with Crippen molar-refractivity contribution in [2.75, 3.05) is 26.8 Å². The maximum Gasteiger partial charge on any atom is 0.335 e. The molecule has 0 unspecified atom stereocenters. The molecule has 2 aliphatic rings. The number of rotatable bonds is 12. The van der Waals surface area contributed by atoms with Gasteiger partial charge < -0.3 is 31.9 Å². The normalized spacial score (nSPS) is 26.2. The van der Waals surface area contributed by atoms with Crippen LogP contribution in [0.25, 0.3) is 0 Å². The first-order chi connectivity index (χ1) is 18.9. The average molecular weight is 600 g/mol. The zero-order chi connectivity index (χ0) is 29.7. The standard InChI is InChI=1S/C26H45N3O9Si2/c1-17(2)39(18(3)4)35-14-21-23(37-40(38-39,19(5)6)20(7)8)24(34-16-33-15-32-13-9-11-27)25(36-21)29-12-10-22(30)28-26(29)31/h10,12,17-21,23-25H,9,13-16H2,1-8H3,(H,28,30,31)/t21-,23+,24+,25-/m1/s1. The average Bonchev–Trinajstić information content (AvgIpc) is 3.18. The molecule has 12 nitrogen and oxygen atoms in total. The Morgan fingerprint density at radius 1 is 1.02 bits per heavy atom. The summed E-state index contributed by atoms with van der Waals surface area (Å²) in [5.41, 5.74) is -0.638. The number of nitrogens with one attached hydrogen (secondary N) is 1. The third-order valence-electron chi connectivity index (χ3n) is 7.61. The molecule has 226 valence electrons. The third kappa shape index (κ3) is 6.85. The van der Waals surface area contributed by atoms with Crippen molar-refractivity contribution >= 4 is 17.1 Å². The molecule has 0 aromatic carbocycles. The number of aromatic amines is 1. The summed E-state index contributed by atoms with van der Waals surface area (Å²) in [5.74, 6) is 0. The lowest BCUT2D eigenvalue weighted by Gasteiger charge is -2.51. The zero-order valence-corrected chi connectivity index (χ0v) is 26.9. The van der Waals surface area contributed by atoms with E-state index in [0.29, 0.717) is 0 Å². The van der Waals surface area contributed by atoms with Crippen molar-refractivity contribution in [3.05, 3.63) is 33.1 Å². The lowest BCUT2D eigenvalue weighted by molar-refractivity contribution is -0.175. The SMILES string of the molecule is CC(C)[Si]1(C(C)C)OC[C@H]2O[C@@H](n3ccc(=O)[nH]c3=O)[C@@H](OCOCOCCC#N)[C@H]2O[Si](C(C)C)(C(C)C)O1. The monoisotopic (exact) mass is 599 g/mol. The molecular weight excluding hydrogens is 554 g/mol. The molecule has 40 heavy (non-hydrogen) atoms. The van der Waals surface area contributed by atoms with Gasteiger partial charge >= 0.3 is 22.8 Å². The van der Waals surface area contributed by atoms with Crippen LogP contribution in [-0.4, -0.2) is 71.8 Å². The van der Waals surface area contributed by atoms with Gasteiger partial charge in [-0.25, -0.2) is 4.79 Å². The lowest BCUT2D eigenvalue weighted by atomic mass is 10.1. The molecule has 2 saturated heterocycles. The molecule has 0 amide bonds. The largest absolute Gasteiger partial charge is 0.414 e. The fourth-order valence-corrected chi connectivity index (χ4v) is 16.8. The van der Waals surface area contributed by atoms with Gasteiger partial charge in [0.2, 0.25) is 0 Å². The van der Waals surface area contributed by atoms with E-state index in [1.807, 2.05) is 6.07 Å². The number of nitriles is 1. The second-order valence-electron chi connectivity index (χ2n) is 11.5. The lowest BCUT2D eigenvalue weighted by Crippen LogP contribution is -2.66. The molecule has 0 saturated carbocycles. The molecule has 3 heterocycles. The number of ether oxygens (including phenoxy) is 4. The van der Waals surface area contributed by atoms with Crippen molar-refractivity contribution < 1.29 is 31.9 Å². The van der Waals surface area contributed by atoms with Crippen LogP contribution in [0.4, 0.5) is 0 Å². The summed E-state index contributed by atoms with van der Waals surface area (Å²) < 4.78 is 45.9. The Balaban J connectivity index is 2.01. The number of aromatic nitrogens is 2. The Morgan fingerprint density at radius 2 is 1.68 bits per heavy atom. The van der Waals surface area contributed by atoms with Crippen molar-refractivity contribution in [2.24, 2.45) is 0 Å². The van der Waals surface area contributed by atoms with Crippen molar-refractivity contribution in [1.29, 1.82) is 5.26 Å². The van der Waals surface area contributed by atoms with Crippen LogP contribution in [0, 0.1) is 11.3 Å². The van der Waals surface area contributed by atoms with Crippen LogP contribution in [0.15, 0.2) is 21.9 Å². The Labute approximate surface area is 238 Å². The fourth-order valence-electron chi connectivity index (χ4n) is 5.55. The first-order valence-electron chi connectivity index (χ1n) is 14.0. The summed E-state index contributed by atoms with van der Waals surface area (Å²) in [6.45, 7) is 17.3. The first kappa shape index (κ1) is 32.8. The summed E-state index contributed by atoms with van der Waals surface area (Å²) in [6.07, 6.45) is -1.24. The predicted molar refractivity (Wildman–Crippen MR) is 151 cm³/mol. The molecular formula is C26H45N3O9Si2. The smallest absolute Gasteiger partial charge is 0.335 e. The van der Waals surface area contributed by atoms with E-state index in [1.165, 1.54) is 16.8 Å². The molecule has 0 bridgehead atoms. The number of fused-ring (bicyclic) bond motifs is 1. The van der Waals surface area contributed by atoms with E-state index in [1.54, 1.807) is 0 Å². The van der Waals surface area contributed by atoms with E-state index >= 15 is 0 Å². The Hall–Kier alpha value is -1.68. The van der Waals surface area contributed by atoms with E-state index < -0.39 is 52.9 Å². The topological polar surface area (TPSA) is 143 Å². The summed E-state index contributed by atoms with van der Waals surface area (Å²) in [6, 6.07) is 3.27. The summed E-state index contributed by atoms with van der Waals surface area (Å²) >= 11 is 0. The van der Waals surface area contributed by atoms with Gasteiger partial charge in [0.1, 0.15) is 31.9 Å². The predicted octanol–water partition coefficient (Wildman–Crippen LogP) is 3.64. The van der Waals surface area contributed by atoms with Crippen LogP contribution in [0.2, 0.25) is 22.2 Å². The quantitative estimate of drug-likeness (QED) is 0.215. The van der Waals surface area contributed by atoms with E-state index in [-0.39, 0.29) is 55.4 Å². The van der Waals surface area contributed by atoms with Crippen molar-refractivity contribution in [3.63, 3.8) is 0 Å². The van der Waals surface area contributed by atoms with E-state index in [4.69, 9.17) is 37.2 Å². The molecule has 2 aliphatic heterocycles. The van der Waals surface area contributed by atoms with Gasteiger partial charge in [-0.1, -0.05) is 55.4 Å². The van der Waals surface area contributed by atoms with E-state index in [9.17, 15) is 9.59 Å². The molecule has 1 N–H and O–H groups in total. The number of hydrogen-bond acceptors (Lipinski definition) is 10. The highest BCUT2D eigenvalue weighted by Gasteiger charge is 2.62. The van der Waals surface area contributed by atoms with Crippen LogP contribution in [0.3, 0.4) is 0 Å². The van der Waals surface area contributed by atoms with Gasteiger partial charge in [-0.2, -0.15) is 5.26 Å². The Bertz CT molecular complexity index is 1100. The van der Waals surface area contributed by atoms with Gasteiger partial charge in [-0.3, -0.25) is 14.3 Å². The second-order valence-corrected chi connectivity index (χ2v) is 20.4. The molecule has 0 spiro atoms. The van der Waals surface area contributed by atoms with Crippen molar-refractivity contribution in [2.45, 2.75) is 109 Å². The third-order valence-corrected chi connectivity index (χ3v) is 17.9. The Morgan fingerprint density at radius 3 is 2.25 bits per heavy atom. The maximum absolute atomic E-state index is 12.8. The zero-order valence-electron chi connectivity index (χ0n) is 24.9. The van der Waals surface area contributed by atoms with Crippen LogP contribution in [-0.2, 0) is 31.9 Å². The highest BCUT2D eigenvalue weighted by atomic mass is 28.5.